The van der Waals surface area contributed by atoms with Gasteiger partial charge in [-0.1, -0.05) is 5.92 Å². The van der Waals surface area contributed by atoms with Gasteiger partial charge in [0.15, 0.2) is 0 Å². The number of piperidine rings is 2. The number of nitrogens with zero attached hydrogens (tertiary/aromatic N) is 2. The highest BCUT2D eigenvalue weighted by atomic mass is 15.2. The van der Waals surface area contributed by atoms with E-state index in [9.17, 15) is 0 Å². The molecule has 0 aromatic rings. The van der Waals surface area contributed by atoms with Crippen LogP contribution in [0.4, 0.5) is 0 Å². The van der Waals surface area contributed by atoms with E-state index in [0.29, 0.717) is 0 Å². The summed E-state index contributed by atoms with van der Waals surface area (Å²) in [7, 11) is 2.33. The molecule has 3 aliphatic rings. The van der Waals surface area contributed by atoms with Gasteiger partial charge in [-0.15, -0.1) is 6.42 Å². The molecule has 1 N–H and O–H groups in total. The highest BCUT2D eigenvalue weighted by molar-refractivity contribution is 4.94. The molecule has 3 nitrogen and oxygen atoms in total. The van der Waals surface area contributed by atoms with Crippen LogP contribution < -0.4 is 5.32 Å². The van der Waals surface area contributed by atoms with Gasteiger partial charge in [-0.2, -0.15) is 0 Å². The van der Waals surface area contributed by atoms with Crippen LogP contribution >= 0.6 is 0 Å². The zero-order valence-corrected chi connectivity index (χ0v) is 12.9. The van der Waals surface area contributed by atoms with Crippen LogP contribution in [-0.4, -0.2) is 61.2 Å². The van der Waals surface area contributed by atoms with Crippen LogP contribution in [0.25, 0.3) is 0 Å². The van der Waals surface area contributed by atoms with Crippen molar-refractivity contribution >= 4 is 0 Å². The Morgan fingerprint density at radius 3 is 2.35 bits per heavy atom. The van der Waals surface area contributed by atoms with Crippen LogP contribution in [0, 0.1) is 18.3 Å². The molecule has 0 radical (unpaired) electrons. The van der Waals surface area contributed by atoms with Crippen molar-refractivity contribution in [1.82, 2.24) is 15.1 Å². The molecule has 3 aliphatic heterocycles. The van der Waals surface area contributed by atoms with Crippen molar-refractivity contribution in [2.24, 2.45) is 5.92 Å². The van der Waals surface area contributed by atoms with Crippen molar-refractivity contribution in [3.05, 3.63) is 0 Å². The lowest BCUT2D eigenvalue weighted by atomic mass is 9.90. The Morgan fingerprint density at radius 2 is 1.75 bits per heavy atom. The maximum atomic E-state index is 5.38. The summed E-state index contributed by atoms with van der Waals surface area (Å²) in [5, 5.41) is 3.84. The lowest BCUT2D eigenvalue weighted by Gasteiger charge is -2.38. The van der Waals surface area contributed by atoms with Gasteiger partial charge >= 0.3 is 0 Å². The lowest BCUT2D eigenvalue weighted by Crippen LogP contribution is -2.46. The first kappa shape index (κ1) is 14.4. The number of terminal acetylenes is 1. The Hall–Kier alpha value is -0.560. The molecule has 3 fully saturated rings. The number of hydrogen-bond acceptors (Lipinski definition) is 3. The average molecular weight is 275 g/mol. The van der Waals surface area contributed by atoms with Crippen molar-refractivity contribution < 1.29 is 0 Å². The topological polar surface area (TPSA) is 18.5 Å². The molecule has 112 valence electrons. The third kappa shape index (κ3) is 3.19. The summed E-state index contributed by atoms with van der Waals surface area (Å²) in [6, 6.07) is 2.47. The average Bonchev–Trinajstić information content (AvgIpc) is 2.69. The second-order valence-corrected chi connectivity index (χ2v) is 7.05. The first-order valence-electron chi connectivity index (χ1n) is 8.37. The minimum atomic E-state index is 0.723. The van der Waals surface area contributed by atoms with Gasteiger partial charge in [0.2, 0.25) is 0 Å². The third-order valence-corrected chi connectivity index (χ3v) is 5.79. The predicted molar refractivity (Wildman–Crippen MR) is 83.6 cm³/mol. The summed E-state index contributed by atoms with van der Waals surface area (Å²) in [5.74, 6) is 3.67. The fourth-order valence-electron chi connectivity index (χ4n) is 4.45. The fraction of sp³-hybridized carbons (Fsp3) is 0.882. The van der Waals surface area contributed by atoms with E-state index in [2.05, 4.69) is 28.1 Å². The minimum Gasteiger partial charge on any atom is -0.314 e. The van der Waals surface area contributed by atoms with E-state index >= 15 is 0 Å². The van der Waals surface area contributed by atoms with E-state index in [1.807, 2.05) is 0 Å². The van der Waals surface area contributed by atoms with E-state index in [1.54, 1.807) is 0 Å². The van der Waals surface area contributed by atoms with E-state index in [-0.39, 0.29) is 0 Å². The van der Waals surface area contributed by atoms with Gasteiger partial charge in [0.05, 0.1) is 6.54 Å². The molecule has 0 aliphatic carbocycles. The molecular formula is C17H29N3. The van der Waals surface area contributed by atoms with Crippen LogP contribution in [-0.2, 0) is 0 Å². The molecular weight excluding hydrogens is 246 g/mol. The maximum Gasteiger partial charge on any atom is 0.0598 e. The van der Waals surface area contributed by atoms with Crippen molar-refractivity contribution in [3.63, 3.8) is 0 Å². The molecule has 2 unspecified atom stereocenters. The summed E-state index contributed by atoms with van der Waals surface area (Å²) >= 11 is 0. The molecule has 3 saturated heterocycles. The number of hydrogen-bond donors (Lipinski definition) is 1. The maximum absolute atomic E-state index is 5.38. The highest BCUT2D eigenvalue weighted by Gasteiger charge is 2.38. The Balaban J connectivity index is 1.38. The van der Waals surface area contributed by atoms with Gasteiger partial charge in [-0.3, -0.25) is 4.90 Å². The van der Waals surface area contributed by atoms with Gasteiger partial charge in [0, 0.05) is 31.2 Å². The van der Waals surface area contributed by atoms with Crippen LogP contribution in [0.15, 0.2) is 0 Å². The molecule has 3 rings (SSSR count). The quantitative estimate of drug-likeness (QED) is 0.785. The Labute approximate surface area is 124 Å². The van der Waals surface area contributed by atoms with Crippen LogP contribution in [0.5, 0.6) is 0 Å². The molecule has 0 saturated carbocycles. The van der Waals surface area contributed by atoms with Gasteiger partial charge in [-0.25, -0.2) is 0 Å². The molecule has 3 heteroatoms. The summed E-state index contributed by atoms with van der Waals surface area (Å²) in [6.45, 7) is 4.40. The Bertz CT molecular complexity index is 340. The molecule has 0 aromatic heterocycles. The van der Waals surface area contributed by atoms with Crippen molar-refractivity contribution in [1.29, 1.82) is 0 Å². The summed E-state index contributed by atoms with van der Waals surface area (Å²) < 4.78 is 0. The smallest absolute Gasteiger partial charge is 0.0598 e. The molecule has 2 bridgehead atoms. The minimum absolute atomic E-state index is 0.723. The molecule has 20 heavy (non-hydrogen) atoms. The van der Waals surface area contributed by atoms with Gasteiger partial charge in [0.25, 0.3) is 0 Å². The number of fused-ring (bicyclic) bond motifs is 2. The van der Waals surface area contributed by atoms with Gasteiger partial charge < -0.3 is 10.2 Å². The van der Waals surface area contributed by atoms with Gasteiger partial charge in [-0.05, 0) is 58.0 Å². The molecule has 0 amide bonds. The van der Waals surface area contributed by atoms with E-state index in [0.717, 1.165) is 30.6 Å². The zero-order valence-electron chi connectivity index (χ0n) is 12.9. The van der Waals surface area contributed by atoms with Crippen molar-refractivity contribution in [2.75, 3.05) is 33.2 Å². The molecule has 2 atom stereocenters. The fourth-order valence-corrected chi connectivity index (χ4v) is 4.45. The number of nitrogens with one attached hydrogen (secondary N) is 1. The largest absolute Gasteiger partial charge is 0.314 e. The standard InChI is InChI=1S/C17H29N3/c1-3-8-20-9-6-15(7-10-20)18-13-14-11-16-4-5-17(12-14)19(16)2/h1,14-18H,4-13H2,2H3. The van der Waals surface area contributed by atoms with Crippen molar-refractivity contribution in [2.45, 2.75) is 56.7 Å². The van der Waals surface area contributed by atoms with E-state index < -0.39 is 0 Å². The molecule has 0 spiro atoms. The van der Waals surface area contributed by atoms with E-state index in [4.69, 9.17) is 6.42 Å². The number of likely N-dealkylation sites (tertiary alicyclic amines) is 1. The Morgan fingerprint density at radius 1 is 1.10 bits per heavy atom. The van der Waals surface area contributed by atoms with Crippen LogP contribution in [0.2, 0.25) is 0 Å². The summed E-state index contributed by atoms with van der Waals surface area (Å²) in [5.41, 5.74) is 0. The van der Waals surface area contributed by atoms with E-state index in [1.165, 1.54) is 58.2 Å². The molecule has 3 heterocycles. The van der Waals surface area contributed by atoms with Crippen molar-refractivity contribution in [3.8, 4) is 12.3 Å². The summed E-state index contributed by atoms with van der Waals surface area (Å²) in [6.07, 6.45) is 13.6. The first-order chi connectivity index (χ1) is 9.76. The van der Waals surface area contributed by atoms with Gasteiger partial charge in [0.1, 0.15) is 0 Å². The molecule has 0 aromatic carbocycles. The SMILES string of the molecule is C#CCN1CCC(NCC2CC3CCC(C2)N3C)CC1. The van der Waals surface area contributed by atoms with Crippen LogP contribution in [0.3, 0.4) is 0 Å². The monoisotopic (exact) mass is 275 g/mol. The second-order valence-electron chi connectivity index (χ2n) is 7.05. The normalized spacial score (nSPS) is 36.1. The predicted octanol–water partition coefficient (Wildman–Crippen LogP) is 1.55. The summed E-state index contributed by atoms with van der Waals surface area (Å²) in [4.78, 5) is 5.03. The lowest BCUT2D eigenvalue weighted by molar-refractivity contribution is 0.127. The Kier molecular flexibility index (Phi) is 4.65. The first-order valence-corrected chi connectivity index (χ1v) is 8.37. The number of rotatable bonds is 4. The third-order valence-electron chi connectivity index (χ3n) is 5.79. The zero-order chi connectivity index (χ0) is 13.9. The van der Waals surface area contributed by atoms with Crippen LogP contribution in [0.1, 0.15) is 38.5 Å². The second kappa shape index (κ2) is 6.47. The highest BCUT2D eigenvalue weighted by Crippen LogP contribution is 2.37.